The fourth-order valence-corrected chi connectivity index (χ4v) is 3.38. The predicted octanol–water partition coefficient (Wildman–Crippen LogP) is 2.39. The van der Waals surface area contributed by atoms with Gasteiger partial charge in [0.1, 0.15) is 17.4 Å². The molecular weight excluding hydrogens is 330 g/mol. The Hall–Kier alpha value is -3.40. The van der Waals surface area contributed by atoms with Crippen molar-refractivity contribution < 1.29 is 9.53 Å². The Morgan fingerprint density at radius 3 is 2.81 bits per heavy atom. The number of Topliss-reactive ketones (excluding diaryl/α,β-unsaturated/α-hetero) is 1. The zero-order chi connectivity index (χ0) is 18.3. The molecule has 0 saturated carbocycles. The van der Waals surface area contributed by atoms with Crippen molar-refractivity contribution in [2.45, 2.75) is 32.1 Å². The normalized spacial score (nSPS) is 19.8. The summed E-state index contributed by atoms with van der Waals surface area (Å²) in [5.41, 5.74) is 9.13. The van der Waals surface area contributed by atoms with Crippen LogP contribution in [0.3, 0.4) is 0 Å². The standard InChI is InChI=1S/C19H17N5O2/c1-11-5-7-12(8-6-11)24-10-14(22-23-24)17-13(9-20)19(21)26-16-4-2-3-15(25)18(16)17/h5-8,10,17H,2-4,21H2,1H3. The van der Waals surface area contributed by atoms with Crippen molar-refractivity contribution >= 4 is 5.78 Å². The number of ketones is 1. The molecule has 0 bridgehead atoms. The predicted molar refractivity (Wildman–Crippen MR) is 92.6 cm³/mol. The molecule has 7 nitrogen and oxygen atoms in total. The first-order chi connectivity index (χ1) is 12.6. The zero-order valence-corrected chi connectivity index (χ0v) is 14.3. The number of aryl methyl sites for hydroxylation is 1. The van der Waals surface area contributed by atoms with Crippen molar-refractivity contribution in [1.29, 1.82) is 5.26 Å². The van der Waals surface area contributed by atoms with E-state index in [1.807, 2.05) is 31.2 Å². The monoisotopic (exact) mass is 347 g/mol. The summed E-state index contributed by atoms with van der Waals surface area (Å²) in [5.74, 6) is -0.0689. The highest BCUT2D eigenvalue weighted by molar-refractivity contribution is 5.99. The minimum Gasteiger partial charge on any atom is -0.444 e. The van der Waals surface area contributed by atoms with Gasteiger partial charge in [0, 0.05) is 18.4 Å². The second-order valence-electron chi connectivity index (χ2n) is 6.46. The maximum Gasteiger partial charge on any atom is 0.205 e. The van der Waals surface area contributed by atoms with Crippen LogP contribution in [-0.4, -0.2) is 20.8 Å². The number of ether oxygens (including phenoxy) is 1. The summed E-state index contributed by atoms with van der Waals surface area (Å²) in [5, 5.41) is 18.0. The molecule has 7 heteroatoms. The molecule has 1 aliphatic carbocycles. The van der Waals surface area contributed by atoms with E-state index in [1.165, 1.54) is 0 Å². The maximum atomic E-state index is 12.5. The summed E-state index contributed by atoms with van der Waals surface area (Å²) in [7, 11) is 0. The van der Waals surface area contributed by atoms with Crippen LogP contribution in [0.25, 0.3) is 5.69 Å². The Morgan fingerprint density at radius 2 is 2.08 bits per heavy atom. The topological polar surface area (TPSA) is 107 Å². The molecular formula is C19H17N5O2. The number of aromatic nitrogens is 3. The van der Waals surface area contributed by atoms with Gasteiger partial charge in [0.15, 0.2) is 5.78 Å². The summed E-state index contributed by atoms with van der Waals surface area (Å²) in [4.78, 5) is 12.5. The molecule has 1 aromatic carbocycles. The minimum atomic E-state index is -0.629. The zero-order valence-electron chi connectivity index (χ0n) is 14.3. The van der Waals surface area contributed by atoms with Gasteiger partial charge in [0.05, 0.1) is 23.5 Å². The molecule has 0 amide bonds. The number of benzene rings is 1. The van der Waals surface area contributed by atoms with Gasteiger partial charge < -0.3 is 10.5 Å². The van der Waals surface area contributed by atoms with Gasteiger partial charge >= 0.3 is 0 Å². The van der Waals surface area contributed by atoms with Gasteiger partial charge in [-0.25, -0.2) is 4.68 Å². The van der Waals surface area contributed by atoms with Crippen molar-refractivity contribution in [3.8, 4) is 11.8 Å². The molecule has 2 aromatic rings. The third-order valence-corrected chi connectivity index (χ3v) is 4.71. The number of allylic oxidation sites excluding steroid dienone is 3. The number of nitriles is 1. The SMILES string of the molecule is Cc1ccc(-n2cc(C3C(C#N)=C(N)OC4=C3C(=O)CCC4)nn2)cc1. The van der Waals surface area contributed by atoms with Crippen molar-refractivity contribution in [3.05, 3.63) is 64.5 Å². The summed E-state index contributed by atoms with van der Waals surface area (Å²) < 4.78 is 7.19. The van der Waals surface area contributed by atoms with Gasteiger partial charge in [-0.15, -0.1) is 5.10 Å². The molecule has 1 unspecified atom stereocenters. The van der Waals surface area contributed by atoms with Gasteiger partial charge in [-0.3, -0.25) is 4.79 Å². The molecule has 1 atom stereocenters. The minimum absolute atomic E-state index is 0.0265. The highest BCUT2D eigenvalue weighted by Crippen LogP contribution is 2.42. The number of hydrogen-bond donors (Lipinski definition) is 1. The quantitative estimate of drug-likeness (QED) is 0.894. The van der Waals surface area contributed by atoms with E-state index in [-0.39, 0.29) is 17.2 Å². The summed E-state index contributed by atoms with van der Waals surface area (Å²) >= 11 is 0. The molecule has 2 N–H and O–H groups in total. The van der Waals surface area contributed by atoms with Crippen LogP contribution in [-0.2, 0) is 9.53 Å². The lowest BCUT2D eigenvalue weighted by Gasteiger charge is -2.29. The molecule has 130 valence electrons. The lowest BCUT2D eigenvalue weighted by atomic mass is 9.80. The van der Waals surface area contributed by atoms with Crippen LogP contribution >= 0.6 is 0 Å². The van der Waals surface area contributed by atoms with Crippen LogP contribution in [0.15, 0.2) is 53.3 Å². The highest BCUT2D eigenvalue weighted by Gasteiger charge is 2.39. The average molecular weight is 347 g/mol. The van der Waals surface area contributed by atoms with Gasteiger partial charge in [-0.1, -0.05) is 22.9 Å². The number of nitrogens with zero attached hydrogens (tertiary/aromatic N) is 4. The van der Waals surface area contributed by atoms with E-state index in [0.717, 1.165) is 17.7 Å². The lowest BCUT2D eigenvalue weighted by Crippen LogP contribution is -2.27. The molecule has 1 aliphatic heterocycles. The molecule has 2 heterocycles. The Balaban J connectivity index is 1.80. The third-order valence-electron chi connectivity index (χ3n) is 4.71. The molecule has 26 heavy (non-hydrogen) atoms. The summed E-state index contributed by atoms with van der Waals surface area (Å²) in [6, 6.07) is 9.91. The van der Waals surface area contributed by atoms with Gasteiger partial charge in [-0.05, 0) is 25.5 Å². The van der Waals surface area contributed by atoms with Crippen molar-refractivity contribution in [2.24, 2.45) is 5.73 Å². The molecule has 0 fully saturated rings. The third kappa shape index (κ3) is 2.56. The molecule has 0 saturated heterocycles. The van der Waals surface area contributed by atoms with E-state index in [1.54, 1.807) is 10.9 Å². The van der Waals surface area contributed by atoms with E-state index in [4.69, 9.17) is 10.5 Å². The van der Waals surface area contributed by atoms with Crippen LogP contribution in [0.5, 0.6) is 0 Å². The Morgan fingerprint density at radius 1 is 1.31 bits per heavy atom. The fraction of sp³-hybridized carbons (Fsp3) is 0.263. The van der Waals surface area contributed by atoms with E-state index in [0.29, 0.717) is 29.9 Å². The number of hydrogen-bond acceptors (Lipinski definition) is 6. The van der Waals surface area contributed by atoms with Crippen LogP contribution in [0.1, 0.15) is 36.4 Å². The fourth-order valence-electron chi connectivity index (χ4n) is 3.38. The van der Waals surface area contributed by atoms with Crippen molar-refractivity contribution in [2.75, 3.05) is 0 Å². The molecule has 1 aromatic heterocycles. The Bertz CT molecular complexity index is 992. The van der Waals surface area contributed by atoms with E-state index in [9.17, 15) is 10.1 Å². The lowest BCUT2D eigenvalue weighted by molar-refractivity contribution is -0.116. The first-order valence-corrected chi connectivity index (χ1v) is 8.41. The van der Waals surface area contributed by atoms with Gasteiger partial charge in [0.25, 0.3) is 0 Å². The second-order valence-corrected chi connectivity index (χ2v) is 6.46. The number of rotatable bonds is 2. The van der Waals surface area contributed by atoms with Gasteiger partial charge in [0.2, 0.25) is 5.88 Å². The van der Waals surface area contributed by atoms with Gasteiger partial charge in [-0.2, -0.15) is 5.26 Å². The Labute approximate surface area is 150 Å². The first kappa shape index (κ1) is 16.1. The van der Waals surface area contributed by atoms with E-state index < -0.39 is 5.92 Å². The summed E-state index contributed by atoms with van der Waals surface area (Å²) in [6.07, 6.45) is 3.51. The van der Waals surface area contributed by atoms with E-state index in [2.05, 4.69) is 16.4 Å². The molecule has 0 spiro atoms. The Kier molecular flexibility index (Phi) is 3.81. The van der Waals surface area contributed by atoms with Crippen molar-refractivity contribution in [1.82, 2.24) is 15.0 Å². The molecule has 4 rings (SSSR count). The first-order valence-electron chi connectivity index (χ1n) is 8.41. The maximum absolute atomic E-state index is 12.5. The van der Waals surface area contributed by atoms with Crippen LogP contribution in [0, 0.1) is 18.3 Å². The number of carbonyl (C=O) groups is 1. The second kappa shape index (κ2) is 6.15. The average Bonchev–Trinajstić information content (AvgIpc) is 3.11. The number of carbonyl (C=O) groups excluding carboxylic acids is 1. The molecule has 2 aliphatic rings. The smallest absolute Gasteiger partial charge is 0.205 e. The highest BCUT2D eigenvalue weighted by atomic mass is 16.5. The van der Waals surface area contributed by atoms with Crippen molar-refractivity contribution in [3.63, 3.8) is 0 Å². The summed E-state index contributed by atoms with van der Waals surface area (Å²) in [6.45, 7) is 2.01. The van der Waals surface area contributed by atoms with E-state index >= 15 is 0 Å². The largest absolute Gasteiger partial charge is 0.444 e. The number of nitrogens with two attached hydrogens (primary N) is 1. The van der Waals surface area contributed by atoms with Crippen LogP contribution in [0.4, 0.5) is 0 Å². The van der Waals surface area contributed by atoms with Crippen LogP contribution < -0.4 is 5.73 Å². The molecule has 0 radical (unpaired) electrons. The van der Waals surface area contributed by atoms with Crippen LogP contribution in [0.2, 0.25) is 0 Å².